The predicted octanol–water partition coefficient (Wildman–Crippen LogP) is 2.14. The summed E-state index contributed by atoms with van der Waals surface area (Å²) in [7, 11) is 3.32. The highest BCUT2D eigenvalue weighted by atomic mass is 16.5. The number of rotatable bonds is 11. The zero-order chi connectivity index (χ0) is 22.2. The molecule has 7 nitrogen and oxygen atoms in total. The summed E-state index contributed by atoms with van der Waals surface area (Å²) in [6.45, 7) is 10.7. The van der Waals surface area contributed by atoms with Crippen LogP contribution in [0.5, 0.6) is 0 Å². The van der Waals surface area contributed by atoms with Gasteiger partial charge in [-0.3, -0.25) is 9.59 Å². The van der Waals surface area contributed by atoms with Gasteiger partial charge in [0, 0.05) is 20.6 Å². The van der Waals surface area contributed by atoms with Gasteiger partial charge in [-0.1, -0.05) is 34.1 Å². The molecule has 0 radical (unpaired) electrons. The summed E-state index contributed by atoms with van der Waals surface area (Å²) >= 11 is 0. The summed E-state index contributed by atoms with van der Waals surface area (Å²) in [6, 6.07) is -0.877. The van der Waals surface area contributed by atoms with Crippen LogP contribution in [0.25, 0.3) is 0 Å². The molecule has 0 aromatic carbocycles. The maximum Gasteiger partial charge on any atom is 0.245 e. The zero-order valence-electron chi connectivity index (χ0n) is 19.3. The lowest BCUT2D eigenvalue weighted by atomic mass is 9.88. The number of piperidine rings is 1. The number of nitrogens with one attached hydrogen (secondary N) is 2. The monoisotopic (exact) mass is 411 g/mol. The Hall–Kier alpha value is -1.47. The summed E-state index contributed by atoms with van der Waals surface area (Å²) in [5, 5.41) is 6.31. The van der Waals surface area contributed by atoms with Crippen molar-refractivity contribution in [2.75, 3.05) is 20.7 Å². The molecule has 2 amide bonds. The Kier molecular flexibility index (Phi) is 10.3. The quantitative estimate of drug-likeness (QED) is 0.509. The third-order valence-corrected chi connectivity index (χ3v) is 6.37. The molecule has 0 bridgehead atoms. The number of hydrogen-bond acceptors (Lipinski definition) is 5. The van der Waals surface area contributed by atoms with E-state index in [1.807, 2.05) is 20.8 Å². The molecule has 1 saturated heterocycles. The molecule has 0 spiro atoms. The number of amides is 2. The molecule has 1 aliphatic heterocycles. The number of carbonyl (C=O) groups excluding carboxylic acids is 3. The van der Waals surface area contributed by atoms with Crippen LogP contribution in [0.2, 0.25) is 0 Å². The summed E-state index contributed by atoms with van der Waals surface area (Å²) in [5.74, 6) is -0.194. The van der Waals surface area contributed by atoms with Gasteiger partial charge >= 0.3 is 0 Å². The first-order valence-electron chi connectivity index (χ1n) is 10.9. The van der Waals surface area contributed by atoms with Crippen LogP contribution in [-0.2, 0) is 19.1 Å². The standard InChI is InChI=1S/C22H41N3O4/c1-8-16(4)19(17(29-7)11-14-26)25(6)20(27)18(15(2)3)24-21(28)22(5)12-9-10-13-23-22/h14-19,23H,8-13H2,1-7H3,(H,24,28)/t16-,17?,18-,19?,22-/m0/s1. The summed E-state index contributed by atoms with van der Waals surface area (Å²) in [5.41, 5.74) is -0.646. The molecule has 7 heteroatoms. The van der Waals surface area contributed by atoms with Gasteiger partial charge in [0.05, 0.1) is 17.7 Å². The fourth-order valence-electron chi connectivity index (χ4n) is 4.14. The van der Waals surface area contributed by atoms with Gasteiger partial charge in [0.15, 0.2) is 0 Å². The second-order valence-electron chi connectivity index (χ2n) is 8.91. The molecular formula is C22H41N3O4. The first-order chi connectivity index (χ1) is 13.6. The van der Waals surface area contributed by atoms with Crippen LogP contribution in [0.1, 0.15) is 66.7 Å². The highest BCUT2D eigenvalue weighted by Gasteiger charge is 2.40. The summed E-state index contributed by atoms with van der Waals surface area (Å²) < 4.78 is 5.56. The van der Waals surface area contributed by atoms with E-state index in [-0.39, 0.29) is 42.2 Å². The molecule has 0 saturated carbocycles. The van der Waals surface area contributed by atoms with E-state index in [1.165, 1.54) is 0 Å². The van der Waals surface area contributed by atoms with E-state index < -0.39 is 11.6 Å². The van der Waals surface area contributed by atoms with Gasteiger partial charge in [0.25, 0.3) is 0 Å². The lowest BCUT2D eigenvalue weighted by Gasteiger charge is -2.40. The van der Waals surface area contributed by atoms with Crippen LogP contribution < -0.4 is 10.6 Å². The van der Waals surface area contributed by atoms with Crippen molar-refractivity contribution in [3.63, 3.8) is 0 Å². The molecular weight excluding hydrogens is 370 g/mol. The molecule has 0 aromatic rings. The molecule has 1 aliphatic rings. The first kappa shape index (κ1) is 25.6. The number of aldehydes is 1. The van der Waals surface area contributed by atoms with Crippen molar-refractivity contribution in [2.45, 2.75) is 90.4 Å². The lowest BCUT2D eigenvalue weighted by molar-refractivity contribution is -0.144. The van der Waals surface area contributed by atoms with E-state index in [9.17, 15) is 14.4 Å². The Labute approximate surface area is 176 Å². The van der Waals surface area contributed by atoms with Crippen LogP contribution in [0.4, 0.5) is 0 Å². The van der Waals surface area contributed by atoms with Crippen LogP contribution in [0.3, 0.4) is 0 Å². The molecule has 1 rings (SSSR count). The van der Waals surface area contributed by atoms with Crippen molar-refractivity contribution in [1.82, 2.24) is 15.5 Å². The maximum absolute atomic E-state index is 13.4. The second-order valence-corrected chi connectivity index (χ2v) is 8.91. The smallest absolute Gasteiger partial charge is 0.245 e. The number of hydrogen-bond donors (Lipinski definition) is 2. The maximum atomic E-state index is 13.4. The molecule has 2 N–H and O–H groups in total. The molecule has 5 atom stereocenters. The lowest BCUT2D eigenvalue weighted by Crippen LogP contribution is -2.63. The second kappa shape index (κ2) is 11.6. The third kappa shape index (κ3) is 6.51. The number of ether oxygens (including phenoxy) is 1. The Morgan fingerprint density at radius 3 is 2.38 bits per heavy atom. The van der Waals surface area contributed by atoms with Gasteiger partial charge < -0.3 is 25.1 Å². The Bertz CT molecular complexity index is 546. The van der Waals surface area contributed by atoms with Crippen LogP contribution in [-0.4, -0.2) is 67.4 Å². The van der Waals surface area contributed by atoms with E-state index in [2.05, 4.69) is 24.5 Å². The van der Waals surface area contributed by atoms with Gasteiger partial charge in [-0.15, -0.1) is 0 Å². The van der Waals surface area contributed by atoms with Gasteiger partial charge in [0.2, 0.25) is 11.8 Å². The van der Waals surface area contributed by atoms with Crippen molar-refractivity contribution < 1.29 is 19.1 Å². The topological polar surface area (TPSA) is 87.7 Å². The van der Waals surface area contributed by atoms with E-state index >= 15 is 0 Å². The van der Waals surface area contributed by atoms with E-state index in [1.54, 1.807) is 19.1 Å². The minimum atomic E-state index is -0.646. The van der Waals surface area contributed by atoms with Crippen molar-refractivity contribution in [1.29, 1.82) is 0 Å². The first-order valence-corrected chi connectivity index (χ1v) is 10.9. The molecule has 1 fully saturated rings. The Balaban J connectivity index is 3.05. The SMILES string of the molecule is CC[C@H](C)C(C(CC=O)OC)N(C)C(=O)[C@@H](NC(=O)[C@]1(C)CCCCN1)C(C)C. The predicted molar refractivity (Wildman–Crippen MR) is 115 cm³/mol. The number of likely N-dealkylation sites (N-methyl/N-ethyl adjacent to an activating group) is 1. The van der Waals surface area contributed by atoms with E-state index in [0.717, 1.165) is 38.5 Å². The zero-order valence-corrected chi connectivity index (χ0v) is 19.3. The average molecular weight is 412 g/mol. The number of methoxy groups -OCH3 is 1. The third-order valence-electron chi connectivity index (χ3n) is 6.37. The summed E-state index contributed by atoms with van der Waals surface area (Å²) in [4.78, 5) is 39.2. The van der Waals surface area contributed by atoms with Gasteiger partial charge in [-0.05, 0) is 44.6 Å². The molecule has 2 unspecified atom stereocenters. The molecule has 1 heterocycles. The highest BCUT2D eigenvalue weighted by Crippen LogP contribution is 2.24. The molecule has 29 heavy (non-hydrogen) atoms. The largest absolute Gasteiger partial charge is 0.379 e. The van der Waals surface area contributed by atoms with Gasteiger partial charge in [-0.2, -0.15) is 0 Å². The van der Waals surface area contributed by atoms with Crippen molar-refractivity contribution in [3.05, 3.63) is 0 Å². The number of nitrogens with zero attached hydrogens (tertiary/aromatic N) is 1. The average Bonchev–Trinajstić information content (AvgIpc) is 2.70. The normalized spacial score (nSPS) is 23.7. The molecule has 168 valence electrons. The van der Waals surface area contributed by atoms with Crippen LogP contribution >= 0.6 is 0 Å². The highest BCUT2D eigenvalue weighted by molar-refractivity contribution is 5.92. The number of carbonyl (C=O) groups is 3. The fourth-order valence-corrected chi connectivity index (χ4v) is 4.14. The molecule has 0 aliphatic carbocycles. The van der Waals surface area contributed by atoms with Crippen LogP contribution in [0, 0.1) is 11.8 Å². The Morgan fingerprint density at radius 2 is 1.93 bits per heavy atom. The van der Waals surface area contributed by atoms with Crippen LogP contribution in [0.15, 0.2) is 0 Å². The fraction of sp³-hybridized carbons (Fsp3) is 0.864. The Morgan fingerprint density at radius 1 is 1.28 bits per heavy atom. The minimum Gasteiger partial charge on any atom is -0.379 e. The minimum absolute atomic E-state index is 0.0641. The van der Waals surface area contributed by atoms with Crippen molar-refractivity contribution in [2.24, 2.45) is 11.8 Å². The van der Waals surface area contributed by atoms with Gasteiger partial charge in [-0.25, -0.2) is 0 Å². The summed E-state index contributed by atoms with van der Waals surface area (Å²) in [6.07, 6.45) is 4.34. The van der Waals surface area contributed by atoms with E-state index in [4.69, 9.17) is 4.74 Å². The van der Waals surface area contributed by atoms with E-state index in [0.29, 0.717) is 0 Å². The van der Waals surface area contributed by atoms with Crippen molar-refractivity contribution in [3.8, 4) is 0 Å². The van der Waals surface area contributed by atoms with Crippen molar-refractivity contribution >= 4 is 18.1 Å². The van der Waals surface area contributed by atoms with Gasteiger partial charge in [0.1, 0.15) is 12.3 Å². The molecule has 0 aromatic heterocycles.